The highest BCUT2D eigenvalue weighted by Crippen LogP contribution is 2.37. The molecule has 0 fully saturated rings. The predicted octanol–water partition coefficient (Wildman–Crippen LogP) is 4.50. The summed E-state index contributed by atoms with van der Waals surface area (Å²) < 4.78 is 22.1. The number of rotatable bonds is 5. The number of ether oxygens (including phenoxy) is 4. The lowest BCUT2D eigenvalue weighted by atomic mass is 10.1. The summed E-state index contributed by atoms with van der Waals surface area (Å²) in [5.41, 5.74) is 1.36. The van der Waals surface area contributed by atoms with E-state index in [1.807, 2.05) is 0 Å². The molecule has 3 rings (SSSR count). The molecule has 9 heteroatoms. The van der Waals surface area contributed by atoms with E-state index >= 15 is 0 Å². The first-order valence-electron chi connectivity index (χ1n) is 8.24. The first kappa shape index (κ1) is 21.1. The maximum atomic E-state index is 12.3. The van der Waals surface area contributed by atoms with E-state index in [0.717, 1.165) is 0 Å². The monoisotopic (exact) mass is 523 g/mol. The maximum Gasteiger partial charge on any atom is 0.363 e. The summed E-state index contributed by atoms with van der Waals surface area (Å²) in [6, 6.07) is 8.54. The molecular weight excluding hydrogens is 510 g/mol. The molecule has 0 saturated heterocycles. The van der Waals surface area contributed by atoms with Crippen molar-refractivity contribution in [2.24, 2.45) is 4.99 Å². The number of esters is 2. The zero-order valence-electron chi connectivity index (χ0n) is 15.6. The van der Waals surface area contributed by atoms with Gasteiger partial charge in [-0.2, -0.15) is 0 Å². The molecule has 2 aromatic carbocycles. The Balaban J connectivity index is 1.96. The molecule has 1 aliphatic heterocycles. The number of cyclic esters (lactones) is 1. The van der Waals surface area contributed by atoms with Crippen LogP contribution in [-0.4, -0.2) is 32.1 Å². The predicted molar refractivity (Wildman–Crippen MR) is 113 cm³/mol. The molecular formula is C20H15Br2NO6. The Morgan fingerprint density at radius 2 is 1.79 bits per heavy atom. The molecule has 0 amide bonds. The lowest BCUT2D eigenvalue weighted by Gasteiger charge is -2.11. The van der Waals surface area contributed by atoms with Crippen LogP contribution in [0, 0.1) is 0 Å². The van der Waals surface area contributed by atoms with Crippen LogP contribution in [0.4, 0.5) is 0 Å². The Bertz CT molecular complexity index is 1060. The van der Waals surface area contributed by atoms with E-state index in [0.29, 0.717) is 31.6 Å². The van der Waals surface area contributed by atoms with Gasteiger partial charge in [0.2, 0.25) is 5.90 Å². The molecule has 0 bridgehead atoms. The average Bonchev–Trinajstić information content (AvgIpc) is 3.03. The number of methoxy groups -OCH3 is 2. The van der Waals surface area contributed by atoms with E-state index in [2.05, 4.69) is 36.9 Å². The largest absolute Gasteiger partial charge is 0.496 e. The van der Waals surface area contributed by atoms with Crippen LogP contribution in [0.25, 0.3) is 6.08 Å². The first-order valence-corrected chi connectivity index (χ1v) is 9.83. The number of carbonyl (C=O) groups excluding carboxylic acids is 2. The van der Waals surface area contributed by atoms with Gasteiger partial charge in [0.05, 0.1) is 23.2 Å². The van der Waals surface area contributed by atoms with Crippen molar-refractivity contribution in [1.29, 1.82) is 0 Å². The van der Waals surface area contributed by atoms with Gasteiger partial charge < -0.3 is 18.9 Å². The van der Waals surface area contributed by atoms with E-state index in [1.165, 1.54) is 14.0 Å². The first-order chi connectivity index (χ1) is 13.8. The highest BCUT2D eigenvalue weighted by molar-refractivity contribution is 9.10. The number of aliphatic imine (C=N–C) groups is 1. The zero-order valence-corrected chi connectivity index (χ0v) is 18.8. The van der Waals surface area contributed by atoms with Crippen LogP contribution in [-0.2, 0) is 14.3 Å². The molecule has 7 nitrogen and oxygen atoms in total. The summed E-state index contributed by atoms with van der Waals surface area (Å²) >= 11 is 6.74. The van der Waals surface area contributed by atoms with Gasteiger partial charge in [-0.15, -0.1) is 0 Å². The Morgan fingerprint density at radius 3 is 2.41 bits per heavy atom. The summed E-state index contributed by atoms with van der Waals surface area (Å²) in [4.78, 5) is 27.8. The summed E-state index contributed by atoms with van der Waals surface area (Å²) in [6.45, 7) is 1.30. The van der Waals surface area contributed by atoms with Crippen LogP contribution in [0.15, 0.2) is 50.0 Å². The number of hydrogen-bond acceptors (Lipinski definition) is 7. The lowest BCUT2D eigenvalue weighted by molar-refractivity contribution is -0.132. The lowest BCUT2D eigenvalue weighted by Crippen LogP contribution is -2.05. The van der Waals surface area contributed by atoms with Gasteiger partial charge in [0.15, 0.2) is 17.2 Å². The quantitative estimate of drug-likeness (QED) is 0.325. The third-order valence-corrected chi connectivity index (χ3v) is 5.03. The minimum atomic E-state index is -0.578. The van der Waals surface area contributed by atoms with Crippen molar-refractivity contribution in [1.82, 2.24) is 0 Å². The summed E-state index contributed by atoms with van der Waals surface area (Å²) in [5.74, 6) is 0.367. The van der Waals surface area contributed by atoms with Gasteiger partial charge in [0, 0.05) is 12.5 Å². The van der Waals surface area contributed by atoms with E-state index in [4.69, 9.17) is 18.9 Å². The smallest absolute Gasteiger partial charge is 0.363 e. The van der Waals surface area contributed by atoms with Crippen LogP contribution < -0.4 is 14.2 Å². The normalized spacial score (nSPS) is 14.4. The molecule has 0 aromatic heterocycles. The van der Waals surface area contributed by atoms with E-state index in [-0.39, 0.29) is 17.3 Å². The fourth-order valence-electron chi connectivity index (χ4n) is 2.56. The SMILES string of the molecule is COc1ccc(C2=N/C(=C/c3cc(Br)c(OC(C)=O)c(OC)c3)C(=O)O2)cc1Br. The van der Waals surface area contributed by atoms with E-state index in [9.17, 15) is 9.59 Å². The summed E-state index contributed by atoms with van der Waals surface area (Å²) in [6.07, 6.45) is 1.55. The molecule has 0 saturated carbocycles. The molecule has 0 atom stereocenters. The fourth-order valence-corrected chi connectivity index (χ4v) is 3.64. The second-order valence-electron chi connectivity index (χ2n) is 5.81. The zero-order chi connectivity index (χ0) is 21.1. The van der Waals surface area contributed by atoms with Crippen molar-refractivity contribution in [2.45, 2.75) is 6.92 Å². The van der Waals surface area contributed by atoms with Gasteiger partial charge in [0.25, 0.3) is 0 Å². The number of halogens is 2. The van der Waals surface area contributed by atoms with Crippen LogP contribution in [0.1, 0.15) is 18.1 Å². The molecule has 0 N–H and O–H groups in total. The van der Waals surface area contributed by atoms with E-state index < -0.39 is 11.9 Å². The highest BCUT2D eigenvalue weighted by atomic mass is 79.9. The molecule has 0 unspecified atom stereocenters. The summed E-state index contributed by atoms with van der Waals surface area (Å²) in [5, 5.41) is 0. The third-order valence-electron chi connectivity index (χ3n) is 3.82. The maximum absolute atomic E-state index is 12.3. The average molecular weight is 525 g/mol. The molecule has 0 aliphatic carbocycles. The highest BCUT2D eigenvalue weighted by Gasteiger charge is 2.25. The minimum absolute atomic E-state index is 0.126. The molecule has 1 heterocycles. The third kappa shape index (κ3) is 4.68. The molecule has 0 radical (unpaired) electrons. The van der Waals surface area contributed by atoms with Gasteiger partial charge in [-0.05, 0) is 73.8 Å². The van der Waals surface area contributed by atoms with Crippen LogP contribution >= 0.6 is 31.9 Å². The number of nitrogens with zero attached hydrogens (tertiary/aromatic N) is 1. The van der Waals surface area contributed by atoms with Gasteiger partial charge in [-0.1, -0.05) is 0 Å². The van der Waals surface area contributed by atoms with Crippen molar-refractivity contribution in [2.75, 3.05) is 14.2 Å². The second kappa shape index (κ2) is 8.79. The van der Waals surface area contributed by atoms with Gasteiger partial charge in [-0.25, -0.2) is 9.79 Å². The number of carbonyl (C=O) groups is 2. The van der Waals surface area contributed by atoms with Gasteiger partial charge in [0.1, 0.15) is 5.75 Å². The van der Waals surface area contributed by atoms with Gasteiger partial charge in [-0.3, -0.25) is 4.79 Å². The van der Waals surface area contributed by atoms with Crippen molar-refractivity contribution in [3.05, 3.63) is 56.1 Å². The topological polar surface area (TPSA) is 83.4 Å². The Kier molecular flexibility index (Phi) is 6.39. The Hall–Kier alpha value is -2.65. The Labute approximate surface area is 183 Å². The second-order valence-corrected chi connectivity index (χ2v) is 7.52. The fraction of sp³-hybridized carbons (Fsp3) is 0.150. The molecule has 29 heavy (non-hydrogen) atoms. The van der Waals surface area contributed by atoms with Gasteiger partial charge >= 0.3 is 11.9 Å². The van der Waals surface area contributed by atoms with E-state index in [1.54, 1.807) is 43.5 Å². The van der Waals surface area contributed by atoms with Crippen LogP contribution in [0.3, 0.4) is 0 Å². The molecule has 1 aliphatic rings. The van der Waals surface area contributed by atoms with Crippen molar-refractivity contribution in [3.63, 3.8) is 0 Å². The van der Waals surface area contributed by atoms with Crippen LogP contribution in [0.5, 0.6) is 17.2 Å². The Morgan fingerprint density at radius 1 is 1.07 bits per heavy atom. The number of benzene rings is 2. The molecule has 2 aromatic rings. The van der Waals surface area contributed by atoms with Crippen molar-refractivity contribution in [3.8, 4) is 17.2 Å². The van der Waals surface area contributed by atoms with Crippen LogP contribution in [0.2, 0.25) is 0 Å². The minimum Gasteiger partial charge on any atom is -0.496 e. The summed E-state index contributed by atoms with van der Waals surface area (Å²) in [7, 11) is 3.01. The van der Waals surface area contributed by atoms with Crippen molar-refractivity contribution >= 4 is 55.8 Å². The number of hydrogen-bond donors (Lipinski definition) is 0. The standard InChI is InChI=1S/C20H15Br2NO6/c1-10(24)28-18-14(22)6-11(8-17(18)27-3)7-15-20(25)29-19(23-15)12-4-5-16(26-2)13(21)9-12/h4-9H,1-3H3/b15-7+. The molecule has 150 valence electrons. The van der Waals surface area contributed by atoms with Crippen molar-refractivity contribution < 1.29 is 28.5 Å². The molecule has 0 spiro atoms.